The van der Waals surface area contributed by atoms with E-state index >= 15 is 0 Å². The first-order chi connectivity index (χ1) is 11.3. The fourth-order valence-electron chi connectivity index (χ4n) is 3.06. The zero-order valence-corrected chi connectivity index (χ0v) is 13.0. The maximum atomic E-state index is 4.50. The summed E-state index contributed by atoms with van der Waals surface area (Å²) in [7, 11) is 0. The third kappa shape index (κ3) is 2.40. The van der Waals surface area contributed by atoms with Crippen LogP contribution in [0.3, 0.4) is 0 Å². The molecule has 23 heavy (non-hydrogen) atoms. The lowest BCUT2D eigenvalue weighted by molar-refractivity contribution is 1.03. The van der Waals surface area contributed by atoms with Crippen LogP contribution >= 0.6 is 0 Å². The molecular formula is C20H17N3. The third-order valence-electron chi connectivity index (χ3n) is 4.22. The summed E-state index contributed by atoms with van der Waals surface area (Å²) in [5.74, 6) is 0.971. The van der Waals surface area contributed by atoms with E-state index in [0.29, 0.717) is 0 Å². The van der Waals surface area contributed by atoms with Gasteiger partial charge in [0.1, 0.15) is 5.82 Å². The fourth-order valence-corrected chi connectivity index (χ4v) is 3.06. The second kappa shape index (κ2) is 5.69. The number of hydrogen-bond donors (Lipinski definition) is 0. The first kappa shape index (κ1) is 13.7. The minimum atomic E-state index is 0.803. The zero-order chi connectivity index (χ0) is 15.6. The van der Waals surface area contributed by atoms with Crippen LogP contribution in [-0.2, 0) is 0 Å². The van der Waals surface area contributed by atoms with Crippen LogP contribution < -0.4 is 4.90 Å². The molecule has 3 heteroatoms. The van der Waals surface area contributed by atoms with E-state index in [1.807, 2.05) is 36.8 Å². The van der Waals surface area contributed by atoms with Gasteiger partial charge in [-0.2, -0.15) is 0 Å². The fraction of sp³-hybridized carbons (Fsp3) is 0.100. The second-order valence-corrected chi connectivity index (χ2v) is 5.62. The molecule has 1 aromatic carbocycles. The predicted molar refractivity (Wildman–Crippen MR) is 93.7 cm³/mol. The number of benzene rings is 1. The Morgan fingerprint density at radius 1 is 0.913 bits per heavy atom. The Bertz CT molecular complexity index is 869. The van der Waals surface area contributed by atoms with Gasteiger partial charge in [-0.15, -0.1) is 0 Å². The van der Waals surface area contributed by atoms with Gasteiger partial charge in [0.2, 0.25) is 0 Å². The number of rotatable bonds is 2. The minimum absolute atomic E-state index is 0.803. The monoisotopic (exact) mass is 299 g/mol. The van der Waals surface area contributed by atoms with Gasteiger partial charge < -0.3 is 4.90 Å². The normalized spacial score (nSPS) is 13.4. The van der Waals surface area contributed by atoms with Crippen LogP contribution in [0.4, 0.5) is 11.5 Å². The molecule has 0 unspecified atom stereocenters. The van der Waals surface area contributed by atoms with Gasteiger partial charge in [-0.3, -0.25) is 4.98 Å². The van der Waals surface area contributed by atoms with E-state index < -0.39 is 0 Å². The number of nitrogens with zero attached hydrogens (tertiary/aromatic N) is 3. The van der Waals surface area contributed by atoms with Gasteiger partial charge in [0.25, 0.3) is 0 Å². The second-order valence-electron chi connectivity index (χ2n) is 5.62. The number of pyridine rings is 2. The molecule has 112 valence electrons. The number of para-hydroxylation sites is 1. The van der Waals surface area contributed by atoms with Crippen molar-refractivity contribution >= 4 is 17.1 Å². The molecule has 3 aromatic rings. The Labute approximate surface area is 136 Å². The van der Waals surface area contributed by atoms with Crippen molar-refractivity contribution in [1.29, 1.82) is 0 Å². The lowest BCUT2D eigenvalue weighted by Crippen LogP contribution is -2.23. The Kier molecular flexibility index (Phi) is 3.39. The summed E-state index contributed by atoms with van der Waals surface area (Å²) >= 11 is 0. The number of aryl methyl sites for hydroxylation is 1. The molecule has 2 aromatic heterocycles. The molecule has 0 saturated carbocycles. The van der Waals surface area contributed by atoms with E-state index in [-0.39, 0.29) is 0 Å². The lowest BCUT2D eigenvalue weighted by atomic mass is 9.91. The molecule has 0 saturated heterocycles. The van der Waals surface area contributed by atoms with E-state index in [2.05, 4.69) is 58.2 Å². The lowest BCUT2D eigenvalue weighted by Gasteiger charge is -2.30. The molecule has 0 bridgehead atoms. The molecule has 0 aliphatic carbocycles. The maximum Gasteiger partial charge on any atom is 0.133 e. The van der Waals surface area contributed by atoms with E-state index in [4.69, 9.17) is 0 Å². The third-order valence-corrected chi connectivity index (χ3v) is 4.22. The van der Waals surface area contributed by atoms with Crippen LogP contribution in [0.2, 0.25) is 0 Å². The summed E-state index contributed by atoms with van der Waals surface area (Å²) in [6.45, 7) is 2.93. The van der Waals surface area contributed by atoms with Gasteiger partial charge in [0.15, 0.2) is 0 Å². The quantitative estimate of drug-likeness (QED) is 0.703. The van der Waals surface area contributed by atoms with Crippen molar-refractivity contribution in [1.82, 2.24) is 9.97 Å². The van der Waals surface area contributed by atoms with Crippen LogP contribution in [0.1, 0.15) is 16.7 Å². The molecule has 0 radical (unpaired) electrons. The Morgan fingerprint density at radius 3 is 2.61 bits per heavy atom. The highest BCUT2D eigenvalue weighted by molar-refractivity contribution is 5.91. The smallest absolute Gasteiger partial charge is 0.133 e. The topological polar surface area (TPSA) is 29.0 Å². The number of hydrogen-bond acceptors (Lipinski definition) is 3. The van der Waals surface area contributed by atoms with E-state index in [0.717, 1.165) is 12.4 Å². The molecule has 1 aliphatic rings. The predicted octanol–water partition coefficient (Wildman–Crippen LogP) is 4.37. The number of anilines is 2. The average molecular weight is 299 g/mol. The highest BCUT2D eigenvalue weighted by Gasteiger charge is 2.21. The molecule has 0 atom stereocenters. The summed E-state index contributed by atoms with van der Waals surface area (Å²) in [4.78, 5) is 11.0. The highest BCUT2D eigenvalue weighted by Crippen LogP contribution is 2.38. The first-order valence-corrected chi connectivity index (χ1v) is 7.74. The first-order valence-electron chi connectivity index (χ1n) is 7.74. The Hall–Kier alpha value is -2.94. The molecule has 3 nitrogen and oxygen atoms in total. The minimum Gasteiger partial charge on any atom is -0.322 e. The van der Waals surface area contributed by atoms with E-state index in [1.165, 1.54) is 28.0 Å². The van der Waals surface area contributed by atoms with Crippen molar-refractivity contribution in [2.45, 2.75) is 6.92 Å². The SMILES string of the molecule is Cc1ccncc1C1=CCN(c2ccccn2)c2ccccc21. The molecule has 4 rings (SSSR count). The van der Waals surface area contributed by atoms with Gasteiger partial charge >= 0.3 is 0 Å². The van der Waals surface area contributed by atoms with Crippen LogP contribution in [0, 0.1) is 6.92 Å². The van der Waals surface area contributed by atoms with Crippen molar-refractivity contribution < 1.29 is 0 Å². The molecule has 0 fully saturated rings. The standard InChI is InChI=1S/C20H17N3/c1-15-9-12-21-14-18(15)16-10-13-23(20-8-4-5-11-22-20)19-7-3-2-6-17(16)19/h2-12,14H,13H2,1H3. The van der Waals surface area contributed by atoms with Gasteiger partial charge in [-0.25, -0.2) is 4.98 Å². The van der Waals surface area contributed by atoms with Crippen LogP contribution in [0.5, 0.6) is 0 Å². The summed E-state index contributed by atoms with van der Waals surface area (Å²) in [5.41, 5.74) is 6.10. The van der Waals surface area contributed by atoms with Crippen molar-refractivity contribution in [3.05, 3.63) is 89.9 Å². The van der Waals surface area contributed by atoms with Crippen molar-refractivity contribution in [2.24, 2.45) is 0 Å². The maximum absolute atomic E-state index is 4.50. The zero-order valence-electron chi connectivity index (χ0n) is 13.0. The molecule has 0 spiro atoms. The molecule has 1 aliphatic heterocycles. The number of fused-ring (bicyclic) bond motifs is 1. The van der Waals surface area contributed by atoms with Crippen LogP contribution in [0.25, 0.3) is 5.57 Å². The van der Waals surface area contributed by atoms with E-state index in [9.17, 15) is 0 Å². The number of aromatic nitrogens is 2. The van der Waals surface area contributed by atoms with Gasteiger partial charge in [-0.1, -0.05) is 30.3 Å². The van der Waals surface area contributed by atoms with Crippen LogP contribution in [0.15, 0.2) is 73.2 Å². The largest absolute Gasteiger partial charge is 0.322 e. The highest BCUT2D eigenvalue weighted by atomic mass is 15.2. The molecule has 3 heterocycles. The van der Waals surface area contributed by atoms with Crippen LogP contribution in [-0.4, -0.2) is 16.5 Å². The van der Waals surface area contributed by atoms with Crippen molar-refractivity contribution in [2.75, 3.05) is 11.4 Å². The Balaban J connectivity index is 1.85. The summed E-state index contributed by atoms with van der Waals surface area (Å²) < 4.78 is 0. The van der Waals surface area contributed by atoms with Crippen molar-refractivity contribution in [3.63, 3.8) is 0 Å². The van der Waals surface area contributed by atoms with Gasteiger partial charge in [0, 0.05) is 36.3 Å². The van der Waals surface area contributed by atoms with Gasteiger partial charge in [-0.05, 0) is 42.3 Å². The molecule has 0 amide bonds. The Morgan fingerprint density at radius 2 is 1.78 bits per heavy atom. The van der Waals surface area contributed by atoms with Crippen molar-refractivity contribution in [3.8, 4) is 0 Å². The summed E-state index contributed by atoms with van der Waals surface area (Å²) in [6, 6.07) is 16.6. The average Bonchev–Trinajstić information content (AvgIpc) is 2.62. The summed E-state index contributed by atoms with van der Waals surface area (Å²) in [5, 5.41) is 0. The van der Waals surface area contributed by atoms with E-state index in [1.54, 1.807) is 0 Å². The van der Waals surface area contributed by atoms with Gasteiger partial charge in [0.05, 0.1) is 5.69 Å². The molecule has 0 N–H and O–H groups in total. The summed E-state index contributed by atoms with van der Waals surface area (Å²) in [6.07, 6.45) is 7.90. The molecular weight excluding hydrogens is 282 g/mol.